The lowest BCUT2D eigenvalue weighted by Crippen LogP contribution is -2.26. The first kappa shape index (κ1) is 27.2. The summed E-state index contributed by atoms with van der Waals surface area (Å²) in [5.41, 5.74) is 3.33. The van der Waals surface area contributed by atoms with Gasteiger partial charge in [0.2, 0.25) is 5.91 Å². The SMILES string of the molecule is COc1ccc(CC(=O)NCCCCCc2nc3ccccc3n2CC(=O)c2ccc(Cl)cc2)cc1OC. The standard InChI is InChI=1S/C30H32ClN3O4/c1-37-27-16-11-21(18-28(27)38-2)19-30(36)32-17-7-3-4-10-29-33-24-8-5-6-9-25(24)34(29)20-26(35)22-12-14-23(31)15-13-22/h5-6,8-9,11-16,18H,3-4,7,10,17,19-20H2,1-2H3,(H,32,36). The summed E-state index contributed by atoms with van der Waals surface area (Å²) in [7, 11) is 3.16. The van der Waals surface area contributed by atoms with Crippen LogP contribution in [0.3, 0.4) is 0 Å². The number of benzene rings is 3. The minimum absolute atomic E-state index is 0.0169. The van der Waals surface area contributed by atoms with Gasteiger partial charge in [0.1, 0.15) is 5.82 Å². The first-order valence-corrected chi connectivity index (χ1v) is 13.1. The smallest absolute Gasteiger partial charge is 0.224 e. The number of ketones is 1. The van der Waals surface area contributed by atoms with Crippen molar-refractivity contribution in [2.24, 2.45) is 0 Å². The average Bonchev–Trinajstić information content (AvgIpc) is 3.27. The first-order chi connectivity index (χ1) is 18.5. The maximum absolute atomic E-state index is 13.0. The summed E-state index contributed by atoms with van der Waals surface area (Å²) in [5, 5.41) is 3.60. The number of imidazole rings is 1. The minimum atomic E-state index is -0.0280. The van der Waals surface area contributed by atoms with E-state index in [1.54, 1.807) is 44.6 Å². The van der Waals surface area contributed by atoms with E-state index in [1.165, 1.54) is 0 Å². The fourth-order valence-corrected chi connectivity index (χ4v) is 4.54. The quantitative estimate of drug-likeness (QED) is 0.177. The molecule has 4 rings (SSSR count). The summed E-state index contributed by atoms with van der Waals surface area (Å²) in [6.07, 6.45) is 3.74. The molecule has 198 valence electrons. The number of carbonyl (C=O) groups excluding carboxylic acids is 2. The predicted molar refractivity (Wildman–Crippen MR) is 149 cm³/mol. The number of nitrogens with one attached hydrogen (secondary N) is 1. The van der Waals surface area contributed by atoms with Crippen molar-refractivity contribution >= 4 is 34.3 Å². The highest BCUT2D eigenvalue weighted by molar-refractivity contribution is 6.30. The second-order valence-electron chi connectivity index (χ2n) is 9.06. The fourth-order valence-electron chi connectivity index (χ4n) is 4.41. The molecule has 0 radical (unpaired) electrons. The van der Waals surface area contributed by atoms with Crippen LogP contribution in [0.5, 0.6) is 11.5 Å². The number of fused-ring (bicyclic) bond motifs is 1. The Morgan fingerprint density at radius 1 is 0.921 bits per heavy atom. The third-order valence-electron chi connectivity index (χ3n) is 6.41. The molecule has 1 aromatic heterocycles. The second-order valence-corrected chi connectivity index (χ2v) is 9.50. The summed E-state index contributed by atoms with van der Waals surface area (Å²) in [5.74, 6) is 2.13. The fraction of sp³-hybridized carbons (Fsp3) is 0.300. The highest BCUT2D eigenvalue weighted by atomic mass is 35.5. The highest BCUT2D eigenvalue weighted by Gasteiger charge is 2.15. The first-order valence-electron chi connectivity index (χ1n) is 12.7. The number of Topliss-reactive ketones (excluding diaryl/α,β-unsaturated/α-hetero) is 1. The van der Waals surface area contributed by atoms with Crippen LogP contribution >= 0.6 is 11.6 Å². The Kier molecular flexibility index (Phi) is 9.38. The summed E-state index contributed by atoms with van der Waals surface area (Å²) < 4.78 is 12.6. The molecule has 0 saturated heterocycles. The predicted octanol–water partition coefficient (Wildman–Crippen LogP) is 5.66. The molecule has 38 heavy (non-hydrogen) atoms. The number of methoxy groups -OCH3 is 2. The van der Waals surface area contributed by atoms with Crippen LogP contribution in [-0.4, -0.2) is 42.0 Å². The zero-order valence-electron chi connectivity index (χ0n) is 21.7. The number of ether oxygens (including phenoxy) is 2. The van der Waals surface area contributed by atoms with Crippen molar-refractivity contribution in [1.82, 2.24) is 14.9 Å². The van der Waals surface area contributed by atoms with Gasteiger partial charge in [-0.05, 0) is 66.9 Å². The zero-order chi connectivity index (χ0) is 26.9. The molecule has 0 aliphatic carbocycles. The van der Waals surface area contributed by atoms with Crippen molar-refractivity contribution in [3.05, 3.63) is 88.7 Å². The van der Waals surface area contributed by atoms with E-state index in [9.17, 15) is 9.59 Å². The van der Waals surface area contributed by atoms with Gasteiger partial charge in [0.25, 0.3) is 0 Å². The zero-order valence-corrected chi connectivity index (χ0v) is 22.5. The molecule has 0 aliphatic rings. The van der Waals surface area contributed by atoms with E-state index < -0.39 is 0 Å². The van der Waals surface area contributed by atoms with Crippen LogP contribution in [0.25, 0.3) is 11.0 Å². The number of amides is 1. The molecule has 1 amide bonds. The Balaban J connectivity index is 1.27. The van der Waals surface area contributed by atoms with E-state index in [0.29, 0.717) is 28.6 Å². The Morgan fingerprint density at radius 3 is 2.45 bits per heavy atom. The van der Waals surface area contributed by atoms with Crippen molar-refractivity contribution in [2.45, 2.75) is 38.6 Å². The number of halogens is 1. The topological polar surface area (TPSA) is 82.5 Å². The van der Waals surface area contributed by atoms with E-state index in [2.05, 4.69) is 5.32 Å². The monoisotopic (exact) mass is 533 g/mol. The lowest BCUT2D eigenvalue weighted by molar-refractivity contribution is -0.120. The molecule has 0 bridgehead atoms. The molecule has 0 saturated carbocycles. The van der Waals surface area contributed by atoms with Gasteiger partial charge in [-0.15, -0.1) is 0 Å². The highest BCUT2D eigenvalue weighted by Crippen LogP contribution is 2.27. The van der Waals surface area contributed by atoms with Crippen LogP contribution in [0, 0.1) is 0 Å². The number of hydrogen-bond acceptors (Lipinski definition) is 5. The van der Waals surface area contributed by atoms with Gasteiger partial charge in [0.15, 0.2) is 17.3 Å². The molecule has 0 fully saturated rings. The lowest BCUT2D eigenvalue weighted by Gasteiger charge is -2.10. The number of unbranched alkanes of at least 4 members (excludes halogenated alkanes) is 2. The van der Waals surface area contributed by atoms with Crippen molar-refractivity contribution in [1.29, 1.82) is 0 Å². The Morgan fingerprint density at radius 2 is 1.68 bits per heavy atom. The van der Waals surface area contributed by atoms with Crippen molar-refractivity contribution in [3.63, 3.8) is 0 Å². The summed E-state index contributed by atoms with van der Waals surface area (Å²) in [4.78, 5) is 30.1. The second kappa shape index (κ2) is 13.1. The van der Waals surface area contributed by atoms with E-state index in [4.69, 9.17) is 26.1 Å². The Labute approximate surface area is 227 Å². The van der Waals surface area contributed by atoms with Crippen molar-refractivity contribution in [3.8, 4) is 11.5 Å². The van der Waals surface area contributed by atoms with Gasteiger partial charge in [-0.25, -0.2) is 4.98 Å². The Bertz CT molecular complexity index is 1400. The summed E-state index contributed by atoms with van der Waals surface area (Å²) in [6, 6.07) is 20.3. The number of hydrogen-bond donors (Lipinski definition) is 1. The summed E-state index contributed by atoms with van der Waals surface area (Å²) >= 11 is 5.97. The van der Waals surface area contributed by atoms with Gasteiger partial charge >= 0.3 is 0 Å². The van der Waals surface area contributed by atoms with Crippen LogP contribution < -0.4 is 14.8 Å². The normalized spacial score (nSPS) is 10.9. The lowest BCUT2D eigenvalue weighted by atomic mass is 10.1. The third-order valence-corrected chi connectivity index (χ3v) is 6.67. The van der Waals surface area contributed by atoms with Crippen LogP contribution in [0.15, 0.2) is 66.7 Å². The van der Waals surface area contributed by atoms with Crippen LogP contribution in [-0.2, 0) is 24.2 Å². The molecule has 0 unspecified atom stereocenters. The van der Waals surface area contributed by atoms with E-state index in [1.807, 2.05) is 41.0 Å². The van der Waals surface area contributed by atoms with E-state index in [-0.39, 0.29) is 24.7 Å². The van der Waals surface area contributed by atoms with Crippen LogP contribution in [0.2, 0.25) is 5.02 Å². The molecule has 4 aromatic rings. The molecule has 3 aromatic carbocycles. The maximum Gasteiger partial charge on any atom is 0.224 e. The number of rotatable bonds is 13. The maximum atomic E-state index is 13.0. The van der Waals surface area contributed by atoms with E-state index in [0.717, 1.165) is 48.1 Å². The van der Waals surface area contributed by atoms with Gasteiger partial charge in [0, 0.05) is 23.6 Å². The molecule has 8 heteroatoms. The van der Waals surface area contributed by atoms with Crippen molar-refractivity contribution in [2.75, 3.05) is 20.8 Å². The third kappa shape index (κ3) is 6.92. The molecule has 1 N–H and O–H groups in total. The average molecular weight is 534 g/mol. The molecular formula is C30H32ClN3O4. The molecule has 0 atom stereocenters. The van der Waals surface area contributed by atoms with Crippen LogP contribution in [0.4, 0.5) is 0 Å². The molecule has 7 nitrogen and oxygen atoms in total. The van der Waals surface area contributed by atoms with Crippen molar-refractivity contribution < 1.29 is 19.1 Å². The van der Waals surface area contributed by atoms with Gasteiger partial charge in [0.05, 0.1) is 38.2 Å². The number of para-hydroxylation sites is 2. The number of aryl methyl sites for hydroxylation is 1. The summed E-state index contributed by atoms with van der Waals surface area (Å²) in [6.45, 7) is 0.835. The van der Waals surface area contributed by atoms with Gasteiger partial charge < -0.3 is 19.4 Å². The van der Waals surface area contributed by atoms with Crippen LogP contribution in [0.1, 0.15) is 41.0 Å². The molecule has 0 spiro atoms. The number of carbonyl (C=O) groups is 2. The molecule has 0 aliphatic heterocycles. The van der Waals surface area contributed by atoms with Gasteiger partial charge in [-0.2, -0.15) is 0 Å². The minimum Gasteiger partial charge on any atom is -0.493 e. The number of nitrogens with zero attached hydrogens (tertiary/aromatic N) is 2. The largest absolute Gasteiger partial charge is 0.493 e. The molecular weight excluding hydrogens is 502 g/mol. The van der Waals surface area contributed by atoms with Gasteiger partial charge in [-0.3, -0.25) is 9.59 Å². The molecule has 1 heterocycles. The van der Waals surface area contributed by atoms with E-state index >= 15 is 0 Å². The van der Waals surface area contributed by atoms with Gasteiger partial charge in [-0.1, -0.05) is 36.2 Å². The Hall–Kier alpha value is -3.84. The number of aromatic nitrogens is 2.